The van der Waals surface area contributed by atoms with E-state index in [1.807, 2.05) is 45.0 Å². The molecule has 0 aromatic heterocycles. The first-order valence-electron chi connectivity index (χ1n) is 11.4. The van der Waals surface area contributed by atoms with Crippen LogP contribution in [0, 0.1) is 5.92 Å². The maximum atomic E-state index is 12.3. The predicted octanol–water partition coefficient (Wildman–Crippen LogP) is 4.82. The van der Waals surface area contributed by atoms with E-state index >= 15 is 0 Å². The van der Waals surface area contributed by atoms with Crippen molar-refractivity contribution in [3.05, 3.63) is 41.5 Å². The fourth-order valence-electron chi connectivity index (χ4n) is 3.57. The number of rotatable bonds is 6. The van der Waals surface area contributed by atoms with Crippen molar-refractivity contribution in [2.45, 2.75) is 84.5 Å². The van der Waals surface area contributed by atoms with Crippen LogP contribution in [0.25, 0.3) is 5.57 Å². The van der Waals surface area contributed by atoms with Crippen LogP contribution in [0.2, 0.25) is 0 Å². The first-order chi connectivity index (χ1) is 15.3. The summed E-state index contributed by atoms with van der Waals surface area (Å²) in [5.41, 5.74) is 2.02. The van der Waals surface area contributed by atoms with Crippen LogP contribution in [-0.2, 0) is 30.2 Å². The summed E-state index contributed by atoms with van der Waals surface area (Å²) >= 11 is 0. The van der Waals surface area contributed by atoms with Crippen LogP contribution in [0.3, 0.4) is 0 Å². The van der Waals surface area contributed by atoms with Gasteiger partial charge >= 0.3 is 18.0 Å². The Bertz CT molecular complexity index is 874. The highest BCUT2D eigenvalue weighted by Gasteiger charge is 2.28. The van der Waals surface area contributed by atoms with E-state index in [0.717, 1.165) is 24.0 Å². The van der Waals surface area contributed by atoms with E-state index < -0.39 is 29.3 Å². The van der Waals surface area contributed by atoms with Crippen LogP contribution in [0.15, 0.2) is 30.3 Å². The van der Waals surface area contributed by atoms with Crippen LogP contribution >= 0.6 is 0 Å². The fourth-order valence-corrected chi connectivity index (χ4v) is 3.57. The fraction of sp³-hybridized carbons (Fsp3) is 0.577. The van der Waals surface area contributed by atoms with Crippen molar-refractivity contribution in [3.63, 3.8) is 0 Å². The van der Waals surface area contributed by atoms with Crippen molar-refractivity contribution in [2.75, 3.05) is 7.11 Å². The largest absolute Gasteiger partial charge is 0.467 e. The maximum Gasteiger partial charge on any atom is 0.408 e. The Morgan fingerprint density at radius 1 is 1.00 bits per heavy atom. The SMILES string of the molecule is COC(=O)[C@H](Cc1ccc(C2=CCC(C(=O)OC(C)(C)C)CC2)cc1)NC(=O)OC(C)(C)C. The molecule has 0 bridgehead atoms. The first-order valence-corrected chi connectivity index (χ1v) is 11.4. The van der Waals surface area contributed by atoms with Gasteiger partial charge in [-0.15, -0.1) is 0 Å². The molecule has 1 aromatic rings. The van der Waals surface area contributed by atoms with Crippen molar-refractivity contribution in [1.29, 1.82) is 0 Å². The summed E-state index contributed by atoms with van der Waals surface area (Å²) < 4.78 is 15.6. The van der Waals surface area contributed by atoms with Gasteiger partial charge in [0.1, 0.15) is 17.2 Å². The van der Waals surface area contributed by atoms with Gasteiger partial charge in [-0.3, -0.25) is 4.79 Å². The summed E-state index contributed by atoms with van der Waals surface area (Å²) in [5, 5.41) is 2.59. The summed E-state index contributed by atoms with van der Waals surface area (Å²) in [6.45, 7) is 10.9. The van der Waals surface area contributed by atoms with Gasteiger partial charge < -0.3 is 19.5 Å². The van der Waals surface area contributed by atoms with Crippen molar-refractivity contribution in [1.82, 2.24) is 5.32 Å². The molecule has 33 heavy (non-hydrogen) atoms. The molecule has 1 aliphatic rings. The minimum Gasteiger partial charge on any atom is -0.467 e. The second-order valence-electron chi connectivity index (χ2n) is 10.4. The number of allylic oxidation sites excluding steroid dienone is 2. The molecule has 7 nitrogen and oxygen atoms in total. The van der Waals surface area contributed by atoms with Crippen LogP contribution in [-0.4, -0.2) is 42.4 Å². The molecule has 0 aliphatic heterocycles. The second-order valence-corrected chi connectivity index (χ2v) is 10.4. The summed E-state index contributed by atoms with van der Waals surface area (Å²) in [7, 11) is 1.29. The van der Waals surface area contributed by atoms with Gasteiger partial charge in [-0.1, -0.05) is 30.3 Å². The number of ether oxygens (including phenoxy) is 3. The molecule has 0 radical (unpaired) electrons. The minimum absolute atomic E-state index is 0.105. The Labute approximate surface area is 196 Å². The van der Waals surface area contributed by atoms with E-state index in [1.54, 1.807) is 20.8 Å². The molecule has 0 saturated carbocycles. The Balaban J connectivity index is 2.01. The van der Waals surface area contributed by atoms with Crippen molar-refractivity contribution in [2.24, 2.45) is 5.92 Å². The van der Waals surface area contributed by atoms with Gasteiger partial charge in [-0.05, 0) is 77.5 Å². The number of amides is 1. The lowest BCUT2D eigenvalue weighted by molar-refractivity contribution is -0.160. The molecule has 0 spiro atoms. The van der Waals surface area contributed by atoms with Gasteiger partial charge in [-0.2, -0.15) is 0 Å². The number of alkyl carbamates (subject to hydrolysis) is 1. The van der Waals surface area contributed by atoms with Crippen molar-refractivity contribution >= 4 is 23.6 Å². The molecule has 1 N–H and O–H groups in total. The van der Waals surface area contributed by atoms with Gasteiger partial charge in [0, 0.05) is 6.42 Å². The van der Waals surface area contributed by atoms with E-state index in [9.17, 15) is 14.4 Å². The normalized spacial score (nSPS) is 17.4. The molecule has 0 saturated heterocycles. The van der Waals surface area contributed by atoms with Crippen LogP contribution < -0.4 is 5.32 Å². The average molecular weight is 460 g/mol. The zero-order valence-electron chi connectivity index (χ0n) is 20.8. The molecule has 1 amide bonds. The number of methoxy groups -OCH3 is 1. The number of carbonyl (C=O) groups is 3. The van der Waals surface area contributed by atoms with Gasteiger partial charge in [-0.25, -0.2) is 9.59 Å². The van der Waals surface area contributed by atoms with Gasteiger partial charge in [0.2, 0.25) is 0 Å². The topological polar surface area (TPSA) is 90.9 Å². The zero-order chi connectivity index (χ0) is 24.8. The Morgan fingerprint density at radius 2 is 1.61 bits per heavy atom. The Hall–Kier alpha value is -2.83. The second kappa shape index (κ2) is 10.9. The monoisotopic (exact) mass is 459 g/mol. The molecule has 1 unspecified atom stereocenters. The molecule has 0 heterocycles. The molecule has 1 aliphatic carbocycles. The quantitative estimate of drug-likeness (QED) is 0.484. The molecular formula is C26H37NO6. The standard InChI is InChI=1S/C26H37NO6/c1-25(2,3)32-22(28)20-14-12-19(13-15-20)18-10-8-17(9-11-18)16-21(23(29)31-7)27-24(30)33-26(4,5)6/h8-12,20-21H,13-16H2,1-7H3,(H,27,30)/t20?,21-/m0/s1. The highest BCUT2D eigenvalue weighted by molar-refractivity contribution is 5.81. The number of benzene rings is 1. The Kier molecular flexibility index (Phi) is 8.69. The molecule has 2 rings (SSSR count). The lowest BCUT2D eigenvalue weighted by Crippen LogP contribution is -2.45. The molecular weight excluding hydrogens is 422 g/mol. The van der Waals surface area contributed by atoms with E-state index in [1.165, 1.54) is 12.7 Å². The molecule has 7 heteroatoms. The maximum absolute atomic E-state index is 12.3. The third-order valence-electron chi connectivity index (χ3n) is 5.09. The number of carbonyl (C=O) groups excluding carboxylic acids is 3. The minimum atomic E-state index is -0.848. The van der Waals surface area contributed by atoms with Gasteiger partial charge in [0.05, 0.1) is 13.0 Å². The van der Waals surface area contributed by atoms with E-state index in [4.69, 9.17) is 14.2 Å². The smallest absolute Gasteiger partial charge is 0.408 e. The summed E-state index contributed by atoms with van der Waals surface area (Å²) in [6, 6.07) is 7.01. The molecule has 0 fully saturated rings. The number of nitrogens with one attached hydrogen (secondary N) is 1. The molecule has 182 valence electrons. The third kappa shape index (κ3) is 8.91. The average Bonchev–Trinajstić information content (AvgIpc) is 2.70. The van der Waals surface area contributed by atoms with Crippen LogP contribution in [0.4, 0.5) is 4.79 Å². The number of hydrogen-bond donors (Lipinski definition) is 1. The molecule has 2 atom stereocenters. The lowest BCUT2D eigenvalue weighted by Gasteiger charge is -2.26. The summed E-state index contributed by atoms with van der Waals surface area (Å²) in [5.74, 6) is -0.778. The number of hydrogen-bond acceptors (Lipinski definition) is 6. The summed E-state index contributed by atoms with van der Waals surface area (Å²) in [6.07, 6.45) is 3.94. The number of esters is 2. The van der Waals surface area contributed by atoms with E-state index in [2.05, 4.69) is 11.4 Å². The first kappa shape index (κ1) is 26.4. The van der Waals surface area contributed by atoms with Gasteiger partial charge in [0.15, 0.2) is 0 Å². The molecule has 1 aromatic carbocycles. The lowest BCUT2D eigenvalue weighted by atomic mass is 9.86. The van der Waals surface area contributed by atoms with Crippen molar-refractivity contribution < 1.29 is 28.6 Å². The highest BCUT2D eigenvalue weighted by atomic mass is 16.6. The van der Waals surface area contributed by atoms with E-state index in [-0.39, 0.29) is 18.3 Å². The summed E-state index contributed by atoms with van der Waals surface area (Å²) in [4.78, 5) is 36.6. The van der Waals surface area contributed by atoms with Gasteiger partial charge in [0.25, 0.3) is 0 Å². The Morgan fingerprint density at radius 3 is 2.09 bits per heavy atom. The third-order valence-corrected chi connectivity index (χ3v) is 5.09. The van der Waals surface area contributed by atoms with E-state index in [0.29, 0.717) is 6.42 Å². The van der Waals surface area contributed by atoms with Crippen LogP contribution in [0.5, 0.6) is 0 Å². The highest BCUT2D eigenvalue weighted by Crippen LogP contribution is 2.32. The zero-order valence-corrected chi connectivity index (χ0v) is 20.8. The predicted molar refractivity (Wildman–Crippen MR) is 126 cm³/mol. The van der Waals surface area contributed by atoms with Crippen LogP contribution in [0.1, 0.15) is 71.9 Å². The van der Waals surface area contributed by atoms with Crippen molar-refractivity contribution in [3.8, 4) is 0 Å².